The summed E-state index contributed by atoms with van der Waals surface area (Å²) in [5.41, 5.74) is -0.771. The predicted octanol–water partition coefficient (Wildman–Crippen LogP) is -0.473. The maximum Gasteiger partial charge on any atom is 0.474 e. The Bertz CT molecular complexity index is 201. The molecule has 0 fully saturated rings. The summed E-state index contributed by atoms with van der Waals surface area (Å²) in [6, 6.07) is 0. The number of nitro groups is 2. The summed E-state index contributed by atoms with van der Waals surface area (Å²) in [6.45, 7) is 0.0433. The molecule has 0 aromatic heterocycles. The summed E-state index contributed by atoms with van der Waals surface area (Å²) in [6.07, 6.45) is 0. The second-order valence-corrected chi connectivity index (χ2v) is 2.16. The summed E-state index contributed by atoms with van der Waals surface area (Å²) in [5.74, 6) is 0. The van der Waals surface area contributed by atoms with Gasteiger partial charge in [-0.1, -0.05) is 0 Å². The molecule has 0 saturated carbocycles. The number of hydrogen-bond donors (Lipinski definition) is 1. The number of rotatable bonds is 5. The van der Waals surface area contributed by atoms with Gasteiger partial charge in [0.1, 0.15) is 9.85 Å². The Morgan fingerprint density at radius 1 is 1.42 bits per heavy atom. The third kappa shape index (κ3) is 1.84. The maximum absolute atomic E-state index is 10.1. The van der Waals surface area contributed by atoms with Gasteiger partial charge in [-0.05, 0) is 0 Å². The van der Waals surface area contributed by atoms with E-state index in [2.05, 4.69) is 5.29 Å². The van der Waals surface area contributed by atoms with E-state index in [0.29, 0.717) is 0 Å². The van der Waals surface area contributed by atoms with Gasteiger partial charge in [0.25, 0.3) is 0 Å². The highest BCUT2D eigenvalue weighted by Gasteiger charge is 2.50. The van der Waals surface area contributed by atoms with Crippen molar-refractivity contribution in [1.29, 1.82) is 0 Å². The fourth-order valence-electron chi connectivity index (χ4n) is 0.378. The van der Waals surface area contributed by atoms with Crippen molar-refractivity contribution >= 4 is 0 Å². The van der Waals surface area contributed by atoms with Gasteiger partial charge in [-0.3, -0.25) is 25.7 Å². The third-order valence-corrected chi connectivity index (χ3v) is 1.27. The molecule has 0 unspecified atom stereocenters. The van der Waals surface area contributed by atoms with Crippen LogP contribution in [0.1, 0.15) is 6.92 Å². The fraction of sp³-hybridized carbons (Fsp3) is 1.00. The molecule has 0 saturated heterocycles. The van der Waals surface area contributed by atoms with E-state index in [1.54, 1.807) is 5.43 Å². The van der Waals surface area contributed by atoms with Crippen molar-refractivity contribution in [3.05, 3.63) is 25.1 Å². The van der Waals surface area contributed by atoms with Crippen LogP contribution in [0.25, 0.3) is 0 Å². The topological polar surface area (TPSA) is 128 Å². The molecule has 9 nitrogen and oxygen atoms in total. The zero-order chi connectivity index (χ0) is 9.78. The van der Waals surface area contributed by atoms with E-state index in [1.807, 2.05) is 0 Å². The first-order valence-corrected chi connectivity index (χ1v) is 2.79. The Labute approximate surface area is 66.0 Å². The lowest BCUT2D eigenvalue weighted by Gasteiger charge is -2.10. The van der Waals surface area contributed by atoms with Gasteiger partial charge in [0, 0.05) is 0 Å². The van der Waals surface area contributed by atoms with Gasteiger partial charge in [-0.2, -0.15) is 0 Å². The summed E-state index contributed by atoms with van der Waals surface area (Å²) in [5, 5.41) is 22.4. The van der Waals surface area contributed by atoms with Crippen LogP contribution in [-0.2, 0) is 0 Å². The highest BCUT2D eigenvalue weighted by molar-refractivity contribution is 4.61. The van der Waals surface area contributed by atoms with Crippen molar-refractivity contribution < 1.29 is 9.85 Å². The molecule has 9 heteroatoms. The third-order valence-electron chi connectivity index (χ3n) is 1.27. The summed E-state index contributed by atoms with van der Waals surface area (Å²) in [7, 11) is 0. The number of hydrogen-bond acceptors (Lipinski definition) is 6. The van der Waals surface area contributed by atoms with Crippen LogP contribution in [-0.4, -0.2) is 22.1 Å². The van der Waals surface area contributed by atoms with Crippen molar-refractivity contribution in [2.45, 2.75) is 12.6 Å². The van der Waals surface area contributed by atoms with Crippen molar-refractivity contribution in [2.75, 3.05) is 6.54 Å². The zero-order valence-electron chi connectivity index (χ0n) is 6.09. The van der Waals surface area contributed by atoms with Gasteiger partial charge in [0.05, 0.1) is 12.2 Å². The van der Waals surface area contributed by atoms with Crippen LogP contribution in [0.15, 0.2) is 5.29 Å². The Hall–Kier alpha value is -1.80. The quantitative estimate of drug-likeness (QED) is 0.262. The molecule has 0 atom stereocenters. The molecular formula is C3H6N4O5. The van der Waals surface area contributed by atoms with E-state index in [4.69, 9.17) is 0 Å². The van der Waals surface area contributed by atoms with Crippen molar-refractivity contribution in [1.82, 2.24) is 5.43 Å². The molecule has 12 heavy (non-hydrogen) atoms. The average molecular weight is 178 g/mol. The molecule has 0 radical (unpaired) electrons. The molecule has 0 aromatic rings. The zero-order valence-corrected chi connectivity index (χ0v) is 6.09. The minimum atomic E-state index is -2.41. The van der Waals surface area contributed by atoms with Gasteiger partial charge in [-0.25, -0.2) is 0 Å². The van der Waals surface area contributed by atoms with Gasteiger partial charge in [0.2, 0.25) is 0 Å². The van der Waals surface area contributed by atoms with E-state index in [0.717, 1.165) is 6.92 Å². The van der Waals surface area contributed by atoms with E-state index in [1.165, 1.54) is 0 Å². The average Bonchev–Trinajstić information content (AvgIpc) is 1.99. The van der Waals surface area contributed by atoms with Crippen LogP contribution in [0.5, 0.6) is 0 Å². The van der Waals surface area contributed by atoms with Gasteiger partial charge in [0.15, 0.2) is 6.54 Å². The molecule has 0 aliphatic rings. The highest BCUT2D eigenvalue weighted by Crippen LogP contribution is 2.07. The Morgan fingerprint density at radius 3 is 2.08 bits per heavy atom. The van der Waals surface area contributed by atoms with Crippen molar-refractivity contribution in [3.8, 4) is 0 Å². The van der Waals surface area contributed by atoms with E-state index < -0.39 is 22.1 Å². The molecule has 0 bridgehead atoms. The van der Waals surface area contributed by atoms with Gasteiger partial charge in [-0.15, -0.1) is 4.91 Å². The van der Waals surface area contributed by atoms with Crippen LogP contribution in [0.4, 0.5) is 0 Å². The lowest BCUT2D eigenvalue weighted by atomic mass is 10.2. The first-order valence-electron chi connectivity index (χ1n) is 2.79. The Kier molecular flexibility index (Phi) is 3.02. The molecule has 0 heterocycles. The lowest BCUT2D eigenvalue weighted by molar-refractivity contribution is -0.789. The lowest BCUT2D eigenvalue weighted by Crippen LogP contribution is -2.50. The van der Waals surface area contributed by atoms with Crippen LogP contribution >= 0.6 is 0 Å². The van der Waals surface area contributed by atoms with Gasteiger partial charge < -0.3 is 0 Å². The van der Waals surface area contributed by atoms with Crippen LogP contribution in [0.2, 0.25) is 0 Å². The van der Waals surface area contributed by atoms with E-state index in [-0.39, 0.29) is 0 Å². The minimum Gasteiger partial charge on any atom is -0.259 e. The van der Waals surface area contributed by atoms with Crippen LogP contribution in [0, 0.1) is 25.1 Å². The number of nitrogens with zero attached hydrogens (tertiary/aromatic N) is 3. The number of nitrogens with one attached hydrogen (secondary N) is 1. The van der Waals surface area contributed by atoms with E-state index in [9.17, 15) is 25.1 Å². The predicted molar refractivity (Wildman–Crippen MR) is 36.2 cm³/mol. The molecule has 68 valence electrons. The Morgan fingerprint density at radius 2 is 1.83 bits per heavy atom. The SMILES string of the molecule is CC(CNN=O)([N+](=O)[O-])[N+](=O)[O-]. The fourth-order valence-corrected chi connectivity index (χ4v) is 0.378. The highest BCUT2D eigenvalue weighted by atomic mass is 16.7. The summed E-state index contributed by atoms with van der Waals surface area (Å²) in [4.78, 5) is 27.6. The van der Waals surface area contributed by atoms with Crippen LogP contribution in [0.3, 0.4) is 0 Å². The second kappa shape index (κ2) is 3.55. The minimum absolute atomic E-state index is 0.740. The Balaban J connectivity index is 4.50. The molecule has 0 aliphatic heterocycles. The molecule has 0 rings (SSSR count). The molecule has 0 aromatic carbocycles. The summed E-state index contributed by atoms with van der Waals surface area (Å²) < 4.78 is 0. The smallest absolute Gasteiger partial charge is 0.259 e. The van der Waals surface area contributed by atoms with Crippen molar-refractivity contribution in [2.24, 2.45) is 5.29 Å². The molecule has 0 amide bonds. The van der Waals surface area contributed by atoms with Gasteiger partial charge >= 0.3 is 5.66 Å². The normalized spacial score (nSPS) is 10.4. The molecule has 0 aliphatic carbocycles. The number of nitroso groups, excluding NO2 is 1. The largest absolute Gasteiger partial charge is 0.474 e. The first kappa shape index (κ1) is 10.2. The molecule has 1 N–H and O–H groups in total. The van der Waals surface area contributed by atoms with Crippen LogP contribution < -0.4 is 5.43 Å². The summed E-state index contributed by atoms with van der Waals surface area (Å²) >= 11 is 0. The second-order valence-electron chi connectivity index (χ2n) is 2.16. The first-order chi connectivity index (χ1) is 5.45. The standard InChI is InChI=1S/C3H6N4O5/c1-3(6(9)10,7(11)12)2-4-5-8/h2H2,1H3,(H,4,8). The van der Waals surface area contributed by atoms with E-state index >= 15 is 0 Å². The van der Waals surface area contributed by atoms with Crippen molar-refractivity contribution in [3.63, 3.8) is 0 Å². The monoisotopic (exact) mass is 178 g/mol. The molecule has 0 spiro atoms. The molecular weight excluding hydrogens is 172 g/mol. The maximum atomic E-state index is 10.1.